The zero-order chi connectivity index (χ0) is 18.1. The fourth-order valence-corrected chi connectivity index (χ4v) is 4.21. The van der Waals surface area contributed by atoms with Crippen molar-refractivity contribution in [1.29, 1.82) is 5.26 Å². The van der Waals surface area contributed by atoms with Gasteiger partial charge in [-0.05, 0) is 73.4 Å². The van der Waals surface area contributed by atoms with Crippen LogP contribution in [0.5, 0.6) is 5.75 Å². The fraction of sp³-hybridized carbons (Fsp3) is 0.450. The number of carbonyl (C=O) groups is 1. The van der Waals surface area contributed by atoms with Crippen LogP contribution < -0.4 is 10.1 Å². The van der Waals surface area contributed by atoms with E-state index >= 15 is 0 Å². The third-order valence-corrected chi connectivity index (χ3v) is 6.01. The molecule has 1 spiro atoms. The van der Waals surface area contributed by atoms with Gasteiger partial charge in [-0.3, -0.25) is 9.89 Å². The second-order valence-corrected chi connectivity index (χ2v) is 7.41. The first-order chi connectivity index (χ1) is 12.6. The van der Waals surface area contributed by atoms with Crippen LogP contribution in [-0.2, 0) is 0 Å². The zero-order valence-electron chi connectivity index (χ0n) is 14.8. The minimum absolute atomic E-state index is 0.0379. The Hall–Kier alpha value is -2.81. The smallest absolute Gasteiger partial charge is 0.186 e. The maximum atomic E-state index is 12.8. The molecule has 2 aromatic rings. The first-order valence-electron chi connectivity index (χ1n) is 9.04. The molecule has 6 heteroatoms. The van der Waals surface area contributed by atoms with Gasteiger partial charge in [0.1, 0.15) is 11.4 Å². The summed E-state index contributed by atoms with van der Waals surface area (Å²) in [6, 6.07) is 9.82. The van der Waals surface area contributed by atoms with Gasteiger partial charge in [-0.1, -0.05) is 0 Å². The highest BCUT2D eigenvalue weighted by atomic mass is 16.5. The Kier molecular flexibility index (Phi) is 4.15. The Balaban J connectivity index is 1.40. The molecule has 1 atom stereocenters. The molecule has 1 heterocycles. The summed E-state index contributed by atoms with van der Waals surface area (Å²) in [5.74, 6) is 0.960. The van der Waals surface area contributed by atoms with E-state index in [2.05, 4.69) is 15.5 Å². The van der Waals surface area contributed by atoms with E-state index in [4.69, 9.17) is 10.00 Å². The quantitative estimate of drug-likeness (QED) is 0.490. The third kappa shape index (κ3) is 2.94. The normalized spacial score (nSPS) is 26.9. The maximum Gasteiger partial charge on any atom is 0.186 e. The maximum absolute atomic E-state index is 12.8. The molecule has 2 aliphatic rings. The largest absolute Gasteiger partial charge is 0.497 e. The first-order valence-corrected chi connectivity index (χ1v) is 9.04. The lowest BCUT2D eigenvalue weighted by Crippen LogP contribution is -2.27. The number of rotatable bonds is 5. The molecule has 2 saturated carbocycles. The Morgan fingerprint density at radius 3 is 2.73 bits per heavy atom. The summed E-state index contributed by atoms with van der Waals surface area (Å²) in [6.45, 7) is 0. The molecule has 6 nitrogen and oxygen atoms in total. The number of Topliss-reactive ketones (excluding diaryl/α,β-unsaturated/α-hetero) is 1. The Morgan fingerprint density at radius 1 is 1.35 bits per heavy atom. The summed E-state index contributed by atoms with van der Waals surface area (Å²) in [5.41, 5.74) is 2.58. The third-order valence-electron chi connectivity index (χ3n) is 6.01. The summed E-state index contributed by atoms with van der Waals surface area (Å²) in [5, 5.41) is 18.9. The van der Waals surface area contributed by atoms with Crippen molar-refractivity contribution >= 4 is 5.78 Å². The zero-order valence-corrected chi connectivity index (χ0v) is 14.8. The van der Waals surface area contributed by atoms with Crippen LogP contribution >= 0.6 is 0 Å². The van der Waals surface area contributed by atoms with Crippen molar-refractivity contribution < 1.29 is 9.53 Å². The molecule has 4 rings (SSSR count). The number of ether oxygens (including phenoxy) is 1. The highest BCUT2D eigenvalue weighted by Crippen LogP contribution is 2.57. The van der Waals surface area contributed by atoms with Crippen LogP contribution in [0.1, 0.15) is 42.6 Å². The Bertz CT molecular complexity index is 841. The van der Waals surface area contributed by atoms with Crippen LogP contribution in [-0.4, -0.2) is 29.1 Å². The van der Waals surface area contributed by atoms with Crippen LogP contribution in [0.4, 0.5) is 0 Å². The topological polar surface area (TPSA) is 90.8 Å². The average molecular weight is 350 g/mol. The summed E-state index contributed by atoms with van der Waals surface area (Å²) in [6.07, 6.45) is 6.90. The van der Waals surface area contributed by atoms with E-state index in [1.54, 1.807) is 7.11 Å². The number of nitrogens with one attached hydrogen (secondary N) is 2. The van der Waals surface area contributed by atoms with E-state index in [0.717, 1.165) is 49.1 Å². The molecule has 2 fully saturated rings. The molecule has 26 heavy (non-hydrogen) atoms. The van der Waals surface area contributed by atoms with E-state index < -0.39 is 0 Å². The van der Waals surface area contributed by atoms with Crippen molar-refractivity contribution in [1.82, 2.24) is 15.5 Å². The number of hydrogen-bond donors (Lipinski definition) is 2. The molecule has 0 aliphatic heterocycles. The Morgan fingerprint density at radius 2 is 2.08 bits per heavy atom. The summed E-state index contributed by atoms with van der Waals surface area (Å²) < 4.78 is 5.17. The van der Waals surface area contributed by atoms with Gasteiger partial charge in [-0.25, -0.2) is 0 Å². The molecule has 1 aromatic carbocycles. The molecule has 1 aromatic heterocycles. The van der Waals surface area contributed by atoms with Gasteiger partial charge in [0.2, 0.25) is 0 Å². The van der Waals surface area contributed by atoms with E-state index in [9.17, 15) is 4.79 Å². The highest BCUT2D eigenvalue weighted by molar-refractivity contribution is 5.97. The van der Waals surface area contributed by atoms with Gasteiger partial charge in [0.25, 0.3) is 0 Å². The SMILES string of the molecule is COc1ccc(-c2cc(C(=O)C3CCC4(CC3)CC4NC#N)n[nH]2)cc1. The molecule has 0 radical (unpaired) electrons. The summed E-state index contributed by atoms with van der Waals surface area (Å²) in [7, 11) is 1.64. The standard InChI is InChI=1S/C20H22N4O2/c1-26-15-4-2-13(3-5-15)16-10-17(24-23-16)19(25)14-6-8-20(9-7-14)11-18(20)22-12-21/h2-5,10,14,18,22H,6-9,11H2,1H3,(H,23,24). The second-order valence-electron chi connectivity index (χ2n) is 7.41. The number of methoxy groups -OCH3 is 1. The summed E-state index contributed by atoms with van der Waals surface area (Å²) >= 11 is 0. The number of aromatic nitrogens is 2. The molecule has 0 bridgehead atoms. The van der Waals surface area contributed by atoms with Gasteiger partial charge in [-0.2, -0.15) is 10.4 Å². The van der Waals surface area contributed by atoms with Crippen molar-refractivity contribution in [2.45, 2.75) is 38.1 Å². The number of H-pyrrole nitrogens is 1. The molecule has 2 N–H and O–H groups in total. The number of aromatic amines is 1. The van der Waals surface area contributed by atoms with Crippen molar-refractivity contribution in [3.63, 3.8) is 0 Å². The Labute approximate surface area is 152 Å². The lowest BCUT2D eigenvalue weighted by Gasteiger charge is -2.27. The molecular weight excluding hydrogens is 328 g/mol. The molecular formula is C20H22N4O2. The van der Waals surface area contributed by atoms with Crippen LogP contribution in [0.15, 0.2) is 30.3 Å². The van der Waals surface area contributed by atoms with Crippen LogP contribution in [0, 0.1) is 22.8 Å². The van der Waals surface area contributed by atoms with E-state index in [1.807, 2.05) is 36.5 Å². The fourth-order valence-electron chi connectivity index (χ4n) is 4.21. The predicted molar refractivity (Wildman–Crippen MR) is 96.5 cm³/mol. The van der Waals surface area contributed by atoms with Crippen molar-refractivity contribution in [3.8, 4) is 23.2 Å². The lowest BCUT2D eigenvalue weighted by atomic mass is 9.77. The molecule has 134 valence electrons. The van der Waals surface area contributed by atoms with Gasteiger partial charge in [-0.15, -0.1) is 0 Å². The van der Waals surface area contributed by atoms with Gasteiger partial charge in [0.05, 0.1) is 12.8 Å². The van der Waals surface area contributed by atoms with Crippen LogP contribution in [0.3, 0.4) is 0 Å². The highest BCUT2D eigenvalue weighted by Gasteiger charge is 2.55. The number of carbonyl (C=O) groups excluding carboxylic acids is 1. The second kappa shape index (κ2) is 6.49. The number of hydrogen-bond acceptors (Lipinski definition) is 5. The molecule has 2 aliphatic carbocycles. The predicted octanol–water partition coefficient (Wildman–Crippen LogP) is 3.29. The van der Waals surface area contributed by atoms with Gasteiger partial charge >= 0.3 is 0 Å². The number of benzene rings is 1. The minimum atomic E-state index is 0.0379. The van der Waals surface area contributed by atoms with E-state index in [0.29, 0.717) is 11.7 Å². The first kappa shape index (κ1) is 16.6. The number of nitriles is 1. The van der Waals surface area contributed by atoms with Crippen molar-refractivity contribution in [3.05, 3.63) is 36.0 Å². The van der Waals surface area contributed by atoms with E-state index in [1.165, 1.54) is 0 Å². The average Bonchev–Trinajstić information content (AvgIpc) is 3.11. The van der Waals surface area contributed by atoms with Crippen LogP contribution in [0.2, 0.25) is 0 Å². The number of nitrogens with zero attached hydrogens (tertiary/aromatic N) is 2. The van der Waals surface area contributed by atoms with E-state index in [-0.39, 0.29) is 17.1 Å². The van der Waals surface area contributed by atoms with Crippen molar-refractivity contribution in [2.24, 2.45) is 11.3 Å². The lowest BCUT2D eigenvalue weighted by molar-refractivity contribution is 0.0857. The molecule has 1 unspecified atom stereocenters. The minimum Gasteiger partial charge on any atom is -0.497 e. The molecule has 0 amide bonds. The van der Waals surface area contributed by atoms with Crippen molar-refractivity contribution in [2.75, 3.05) is 7.11 Å². The summed E-state index contributed by atoms with van der Waals surface area (Å²) in [4.78, 5) is 12.8. The van der Waals surface area contributed by atoms with Gasteiger partial charge in [0, 0.05) is 12.0 Å². The number of ketones is 1. The monoisotopic (exact) mass is 350 g/mol. The van der Waals surface area contributed by atoms with Gasteiger partial charge < -0.3 is 10.1 Å². The van der Waals surface area contributed by atoms with Gasteiger partial charge in [0.15, 0.2) is 12.0 Å². The molecule has 0 saturated heterocycles. The van der Waals surface area contributed by atoms with Crippen LogP contribution in [0.25, 0.3) is 11.3 Å².